The van der Waals surface area contributed by atoms with Crippen molar-refractivity contribution in [2.75, 3.05) is 11.9 Å². The van der Waals surface area contributed by atoms with Crippen molar-refractivity contribution < 1.29 is 14.4 Å². The molecule has 0 bridgehead atoms. The lowest BCUT2D eigenvalue weighted by Gasteiger charge is -2.20. The molecule has 7 heteroatoms. The first kappa shape index (κ1) is 17.2. The third-order valence-corrected chi connectivity index (χ3v) is 5.02. The Kier molecular flexibility index (Phi) is 4.85. The monoisotopic (exact) mass is 357 g/mol. The van der Waals surface area contributed by atoms with E-state index in [9.17, 15) is 14.4 Å². The molecule has 0 spiro atoms. The van der Waals surface area contributed by atoms with Gasteiger partial charge in [-0.2, -0.15) is 0 Å². The zero-order valence-corrected chi connectivity index (χ0v) is 14.9. The van der Waals surface area contributed by atoms with Gasteiger partial charge in [-0.3, -0.25) is 25.2 Å². The van der Waals surface area contributed by atoms with Gasteiger partial charge in [0.25, 0.3) is 11.8 Å². The Balaban J connectivity index is 1.69. The smallest absolute Gasteiger partial charge is 0.279 e. The largest absolute Gasteiger partial charge is 0.314 e. The van der Waals surface area contributed by atoms with E-state index in [2.05, 4.69) is 10.9 Å². The maximum absolute atomic E-state index is 12.5. The molecule has 1 aromatic heterocycles. The van der Waals surface area contributed by atoms with E-state index in [1.165, 1.54) is 16.2 Å². The van der Waals surface area contributed by atoms with Crippen LogP contribution in [0.3, 0.4) is 0 Å². The van der Waals surface area contributed by atoms with Gasteiger partial charge < -0.3 is 4.90 Å². The Bertz CT molecular complexity index is 826. The minimum absolute atomic E-state index is 0.0124. The summed E-state index contributed by atoms with van der Waals surface area (Å²) in [6.45, 7) is 1.91. The molecular weight excluding hydrogens is 338 g/mol. The number of aryl methyl sites for hydroxylation is 1. The van der Waals surface area contributed by atoms with E-state index >= 15 is 0 Å². The normalized spacial score (nSPS) is 13.2. The van der Waals surface area contributed by atoms with Crippen LogP contribution in [0.5, 0.6) is 0 Å². The second-order valence-corrected chi connectivity index (χ2v) is 7.30. The van der Waals surface area contributed by atoms with Gasteiger partial charge in [-0.25, -0.2) is 0 Å². The highest BCUT2D eigenvalue weighted by Gasteiger charge is 2.33. The fraction of sp³-hybridized carbons (Fsp3) is 0.278. The van der Waals surface area contributed by atoms with Gasteiger partial charge in [0.15, 0.2) is 0 Å². The molecule has 2 N–H and O–H groups in total. The second-order valence-electron chi connectivity index (χ2n) is 6.01. The highest BCUT2D eigenvalue weighted by Crippen LogP contribution is 2.33. The standard InChI is InChI=1S/C18H19N3O3S/c1-11-7-10-15(25-11)17(23)20-19-16(22)13-5-3-4-6-14(13)21(2)18(24)12-8-9-12/h3-7,10,12H,8-9H2,1-2H3,(H,19,22)(H,20,23). The van der Waals surface area contributed by atoms with Gasteiger partial charge in [-0.1, -0.05) is 12.1 Å². The molecule has 3 rings (SSSR count). The molecule has 1 aliphatic rings. The second kappa shape index (κ2) is 7.06. The molecule has 0 atom stereocenters. The van der Waals surface area contributed by atoms with E-state index in [0.717, 1.165) is 17.7 Å². The minimum atomic E-state index is -0.465. The summed E-state index contributed by atoms with van der Waals surface area (Å²) in [6, 6.07) is 10.4. The summed E-state index contributed by atoms with van der Waals surface area (Å²) >= 11 is 1.35. The first-order valence-corrected chi connectivity index (χ1v) is 8.82. The lowest BCUT2D eigenvalue weighted by atomic mass is 10.1. The van der Waals surface area contributed by atoms with Crippen LogP contribution >= 0.6 is 11.3 Å². The van der Waals surface area contributed by atoms with Crippen molar-refractivity contribution in [3.63, 3.8) is 0 Å². The molecule has 0 saturated heterocycles. The van der Waals surface area contributed by atoms with E-state index in [0.29, 0.717) is 16.1 Å². The van der Waals surface area contributed by atoms with Crippen LogP contribution in [0.15, 0.2) is 36.4 Å². The molecule has 3 amide bonds. The SMILES string of the molecule is Cc1ccc(C(=O)NNC(=O)c2ccccc2N(C)C(=O)C2CC2)s1. The molecule has 1 heterocycles. The van der Waals surface area contributed by atoms with Crippen LogP contribution < -0.4 is 15.8 Å². The van der Waals surface area contributed by atoms with E-state index in [4.69, 9.17) is 0 Å². The number of anilines is 1. The molecule has 1 fully saturated rings. The lowest BCUT2D eigenvalue weighted by Crippen LogP contribution is -2.42. The molecule has 6 nitrogen and oxygen atoms in total. The van der Waals surface area contributed by atoms with E-state index in [1.807, 2.05) is 13.0 Å². The highest BCUT2D eigenvalue weighted by molar-refractivity contribution is 7.13. The van der Waals surface area contributed by atoms with Crippen LogP contribution in [0.2, 0.25) is 0 Å². The number of benzene rings is 1. The first-order valence-electron chi connectivity index (χ1n) is 8.01. The number of rotatable bonds is 4. The van der Waals surface area contributed by atoms with Gasteiger partial charge in [-0.15, -0.1) is 11.3 Å². The summed E-state index contributed by atoms with van der Waals surface area (Å²) in [4.78, 5) is 39.8. The van der Waals surface area contributed by atoms with Gasteiger partial charge >= 0.3 is 0 Å². The molecular formula is C18H19N3O3S. The molecule has 0 unspecified atom stereocenters. The summed E-state index contributed by atoms with van der Waals surface area (Å²) in [6.07, 6.45) is 1.79. The Morgan fingerprint density at radius 1 is 1.04 bits per heavy atom. The Morgan fingerprint density at radius 3 is 2.36 bits per heavy atom. The molecule has 1 aliphatic carbocycles. The van der Waals surface area contributed by atoms with E-state index in [1.54, 1.807) is 37.4 Å². The highest BCUT2D eigenvalue weighted by atomic mass is 32.1. The number of carbonyl (C=O) groups excluding carboxylic acids is 3. The summed E-state index contributed by atoms with van der Waals surface area (Å²) in [5.41, 5.74) is 5.69. The summed E-state index contributed by atoms with van der Waals surface area (Å²) in [5, 5.41) is 0. The van der Waals surface area contributed by atoms with Crippen LogP contribution in [0.25, 0.3) is 0 Å². The number of thiophene rings is 1. The van der Waals surface area contributed by atoms with Crippen molar-refractivity contribution >= 4 is 34.7 Å². The number of nitrogens with one attached hydrogen (secondary N) is 2. The maximum atomic E-state index is 12.5. The summed E-state index contributed by atoms with van der Waals surface area (Å²) in [7, 11) is 1.67. The van der Waals surface area contributed by atoms with Crippen molar-refractivity contribution in [3.05, 3.63) is 51.7 Å². The fourth-order valence-electron chi connectivity index (χ4n) is 2.48. The van der Waals surface area contributed by atoms with Crippen LogP contribution in [0.4, 0.5) is 5.69 Å². The summed E-state index contributed by atoms with van der Waals surface area (Å²) < 4.78 is 0. The van der Waals surface area contributed by atoms with E-state index in [-0.39, 0.29) is 17.7 Å². The molecule has 130 valence electrons. The number of hydrogen-bond donors (Lipinski definition) is 2. The van der Waals surface area contributed by atoms with Crippen molar-refractivity contribution in [1.29, 1.82) is 0 Å². The lowest BCUT2D eigenvalue weighted by molar-refractivity contribution is -0.119. The molecule has 0 aliphatic heterocycles. The zero-order valence-electron chi connectivity index (χ0n) is 14.0. The van der Waals surface area contributed by atoms with E-state index < -0.39 is 5.91 Å². The first-order chi connectivity index (χ1) is 12.0. The van der Waals surface area contributed by atoms with Gasteiger partial charge in [0.2, 0.25) is 5.91 Å². The topological polar surface area (TPSA) is 78.5 Å². The van der Waals surface area contributed by atoms with Crippen LogP contribution in [0.1, 0.15) is 37.7 Å². The van der Waals surface area contributed by atoms with Crippen molar-refractivity contribution in [2.45, 2.75) is 19.8 Å². The van der Waals surface area contributed by atoms with Gasteiger partial charge in [0.1, 0.15) is 0 Å². The summed E-state index contributed by atoms with van der Waals surface area (Å²) in [5.74, 6) is -0.764. The van der Waals surface area contributed by atoms with Gasteiger partial charge in [0.05, 0.1) is 16.1 Å². The molecule has 1 aromatic carbocycles. The average molecular weight is 357 g/mol. The number of amides is 3. The number of carbonyl (C=O) groups is 3. The Labute approximate surface area is 149 Å². The van der Waals surface area contributed by atoms with Gasteiger partial charge in [0, 0.05) is 17.8 Å². The van der Waals surface area contributed by atoms with Crippen LogP contribution in [0, 0.1) is 12.8 Å². The fourth-order valence-corrected chi connectivity index (χ4v) is 3.24. The quantitative estimate of drug-likeness (QED) is 0.825. The maximum Gasteiger partial charge on any atom is 0.279 e. The molecule has 2 aromatic rings. The number of para-hydroxylation sites is 1. The van der Waals surface area contributed by atoms with Gasteiger partial charge in [-0.05, 0) is 44.0 Å². The Morgan fingerprint density at radius 2 is 1.72 bits per heavy atom. The zero-order chi connectivity index (χ0) is 18.0. The number of nitrogens with zero attached hydrogens (tertiary/aromatic N) is 1. The van der Waals surface area contributed by atoms with Crippen molar-refractivity contribution in [3.8, 4) is 0 Å². The van der Waals surface area contributed by atoms with Crippen molar-refractivity contribution in [2.24, 2.45) is 5.92 Å². The molecule has 0 radical (unpaired) electrons. The predicted molar refractivity (Wildman–Crippen MR) is 96.6 cm³/mol. The minimum Gasteiger partial charge on any atom is -0.314 e. The van der Waals surface area contributed by atoms with Crippen LogP contribution in [-0.4, -0.2) is 24.8 Å². The molecule has 25 heavy (non-hydrogen) atoms. The number of hydrogen-bond acceptors (Lipinski definition) is 4. The predicted octanol–water partition coefficient (Wildman–Crippen LogP) is 2.50. The van der Waals surface area contributed by atoms with Crippen molar-refractivity contribution in [1.82, 2.24) is 10.9 Å². The Hall–Kier alpha value is -2.67. The number of hydrazine groups is 1. The molecule has 1 saturated carbocycles. The third-order valence-electron chi connectivity index (χ3n) is 4.02. The third kappa shape index (κ3) is 3.88. The average Bonchev–Trinajstić information content (AvgIpc) is 3.39. The van der Waals surface area contributed by atoms with Crippen LogP contribution in [-0.2, 0) is 4.79 Å².